The molecular weight excluding hydrogens is 252 g/mol. The SMILES string of the molecule is CCOC(=O)c1ccc(OCOC)c(OCOC)c1. The minimum Gasteiger partial charge on any atom is -0.464 e. The van der Waals surface area contributed by atoms with E-state index in [1.807, 2.05) is 0 Å². The molecule has 0 saturated carbocycles. The zero-order chi connectivity index (χ0) is 14.1. The first-order chi connectivity index (χ1) is 9.22. The van der Waals surface area contributed by atoms with E-state index in [0.717, 1.165) is 0 Å². The van der Waals surface area contributed by atoms with Crippen LogP contribution in [0.1, 0.15) is 17.3 Å². The van der Waals surface area contributed by atoms with Crippen molar-refractivity contribution in [1.29, 1.82) is 0 Å². The molecule has 1 aromatic carbocycles. The molecule has 0 saturated heterocycles. The van der Waals surface area contributed by atoms with Gasteiger partial charge in [0.05, 0.1) is 12.2 Å². The number of esters is 1. The normalized spacial score (nSPS) is 10.1. The van der Waals surface area contributed by atoms with Crippen molar-refractivity contribution in [3.63, 3.8) is 0 Å². The number of carbonyl (C=O) groups excluding carboxylic acids is 1. The molecule has 1 rings (SSSR count). The van der Waals surface area contributed by atoms with Crippen molar-refractivity contribution >= 4 is 5.97 Å². The van der Waals surface area contributed by atoms with Crippen molar-refractivity contribution < 1.29 is 28.5 Å². The highest BCUT2D eigenvalue weighted by molar-refractivity contribution is 5.90. The van der Waals surface area contributed by atoms with Crippen molar-refractivity contribution in [1.82, 2.24) is 0 Å². The third-order valence-electron chi connectivity index (χ3n) is 2.12. The van der Waals surface area contributed by atoms with Crippen LogP contribution >= 0.6 is 0 Å². The number of ether oxygens (including phenoxy) is 5. The maximum absolute atomic E-state index is 11.6. The average Bonchev–Trinajstić information content (AvgIpc) is 2.43. The van der Waals surface area contributed by atoms with Crippen LogP contribution in [0.15, 0.2) is 18.2 Å². The van der Waals surface area contributed by atoms with Crippen LogP contribution in [0, 0.1) is 0 Å². The van der Waals surface area contributed by atoms with Gasteiger partial charge in [-0.05, 0) is 25.1 Å². The average molecular weight is 270 g/mol. The highest BCUT2D eigenvalue weighted by Gasteiger charge is 2.12. The van der Waals surface area contributed by atoms with Gasteiger partial charge in [-0.15, -0.1) is 0 Å². The highest BCUT2D eigenvalue weighted by atomic mass is 16.7. The van der Waals surface area contributed by atoms with Gasteiger partial charge in [0.1, 0.15) is 0 Å². The summed E-state index contributed by atoms with van der Waals surface area (Å²) in [5.41, 5.74) is 0.387. The third-order valence-corrected chi connectivity index (χ3v) is 2.12. The lowest BCUT2D eigenvalue weighted by molar-refractivity contribution is 0.0319. The Morgan fingerprint density at radius 3 is 2.26 bits per heavy atom. The topological polar surface area (TPSA) is 63.2 Å². The van der Waals surface area contributed by atoms with Crippen molar-refractivity contribution in [3.8, 4) is 11.5 Å². The molecule has 0 aliphatic heterocycles. The minimum absolute atomic E-state index is 0.0512. The van der Waals surface area contributed by atoms with Crippen LogP contribution < -0.4 is 9.47 Å². The van der Waals surface area contributed by atoms with Crippen LogP contribution in [-0.4, -0.2) is 40.4 Å². The van der Waals surface area contributed by atoms with Crippen molar-refractivity contribution in [2.45, 2.75) is 6.92 Å². The Bertz CT molecular complexity index is 404. The summed E-state index contributed by atoms with van der Waals surface area (Å²) in [5.74, 6) is 0.444. The Labute approximate surface area is 112 Å². The summed E-state index contributed by atoms with van der Waals surface area (Å²) in [5, 5.41) is 0. The number of hydrogen-bond donors (Lipinski definition) is 0. The Kier molecular flexibility index (Phi) is 6.70. The molecule has 0 aliphatic rings. The van der Waals surface area contributed by atoms with Gasteiger partial charge in [0.2, 0.25) is 0 Å². The second-order valence-corrected chi connectivity index (χ2v) is 3.48. The number of methoxy groups -OCH3 is 2. The van der Waals surface area contributed by atoms with Gasteiger partial charge in [0, 0.05) is 14.2 Å². The van der Waals surface area contributed by atoms with E-state index in [1.54, 1.807) is 25.1 Å². The molecule has 0 N–H and O–H groups in total. The van der Waals surface area contributed by atoms with Crippen molar-refractivity contribution in [2.75, 3.05) is 34.4 Å². The molecule has 0 radical (unpaired) electrons. The second kappa shape index (κ2) is 8.34. The summed E-state index contributed by atoms with van der Waals surface area (Å²) < 4.78 is 25.2. The summed E-state index contributed by atoms with van der Waals surface area (Å²) in [7, 11) is 3.02. The number of carbonyl (C=O) groups is 1. The Balaban J connectivity index is 2.89. The Hall–Kier alpha value is -1.79. The molecule has 6 heteroatoms. The van der Waals surface area contributed by atoms with E-state index in [-0.39, 0.29) is 13.6 Å². The van der Waals surface area contributed by atoms with Crippen LogP contribution in [0.2, 0.25) is 0 Å². The molecule has 0 aliphatic carbocycles. The Morgan fingerprint density at radius 1 is 1.05 bits per heavy atom. The van der Waals surface area contributed by atoms with Gasteiger partial charge in [-0.25, -0.2) is 4.79 Å². The maximum atomic E-state index is 11.6. The molecule has 0 heterocycles. The second-order valence-electron chi connectivity index (χ2n) is 3.48. The van der Waals surface area contributed by atoms with Gasteiger partial charge < -0.3 is 23.7 Å². The van der Waals surface area contributed by atoms with Gasteiger partial charge in [0.15, 0.2) is 25.1 Å². The van der Waals surface area contributed by atoms with E-state index in [0.29, 0.717) is 23.7 Å². The molecule has 0 unspecified atom stereocenters. The van der Waals surface area contributed by atoms with E-state index in [1.165, 1.54) is 14.2 Å². The summed E-state index contributed by atoms with van der Waals surface area (Å²) in [6, 6.07) is 4.76. The van der Waals surface area contributed by atoms with Crippen molar-refractivity contribution in [3.05, 3.63) is 23.8 Å². The number of hydrogen-bond acceptors (Lipinski definition) is 6. The van der Waals surface area contributed by atoms with E-state index < -0.39 is 5.97 Å². The van der Waals surface area contributed by atoms with E-state index >= 15 is 0 Å². The molecule has 0 atom stereocenters. The first-order valence-electron chi connectivity index (χ1n) is 5.77. The van der Waals surface area contributed by atoms with Crippen LogP contribution in [0.3, 0.4) is 0 Å². The quantitative estimate of drug-likeness (QED) is 0.530. The molecule has 0 amide bonds. The summed E-state index contributed by atoms with van der Waals surface area (Å²) >= 11 is 0. The fourth-order valence-corrected chi connectivity index (χ4v) is 1.33. The standard InChI is InChI=1S/C13H18O6/c1-4-17-13(14)10-5-6-11(18-8-15-2)12(7-10)19-9-16-3/h5-7H,4,8-9H2,1-3H3. The molecular formula is C13H18O6. The predicted octanol–water partition coefficient (Wildman–Crippen LogP) is 1.83. The molecule has 0 fully saturated rings. The van der Waals surface area contributed by atoms with Crippen LogP contribution in [-0.2, 0) is 14.2 Å². The van der Waals surface area contributed by atoms with Gasteiger partial charge in [-0.1, -0.05) is 0 Å². The zero-order valence-corrected chi connectivity index (χ0v) is 11.3. The smallest absolute Gasteiger partial charge is 0.338 e. The van der Waals surface area contributed by atoms with Gasteiger partial charge in [-0.2, -0.15) is 0 Å². The van der Waals surface area contributed by atoms with Gasteiger partial charge in [-0.3, -0.25) is 0 Å². The maximum Gasteiger partial charge on any atom is 0.338 e. The monoisotopic (exact) mass is 270 g/mol. The fourth-order valence-electron chi connectivity index (χ4n) is 1.33. The first kappa shape index (κ1) is 15.3. The third kappa shape index (κ3) is 4.76. The van der Waals surface area contributed by atoms with Crippen molar-refractivity contribution in [2.24, 2.45) is 0 Å². The van der Waals surface area contributed by atoms with E-state index in [2.05, 4.69) is 0 Å². The summed E-state index contributed by atoms with van der Waals surface area (Å²) in [6.45, 7) is 2.20. The fraction of sp³-hybridized carbons (Fsp3) is 0.462. The predicted molar refractivity (Wildman–Crippen MR) is 67.4 cm³/mol. The lowest BCUT2D eigenvalue weighted by atomic mass is 10.2. The van der Waals surface area contributed by atoms with E-state index in [4.69, 9.17) is 23.7 Å². The molecule has 0 bridgehead atoms. The molecule has 19 heavy (non-hydrogen) atoms. The molecule has 6 nitrogen and oxygen atoms in total. The largest absolute Gasteiger partial charge is 0.464 e. The molecule has 106 valence electrons. The van der Waals surface area contributed by atoms with Crippen LogP contribution in [0.4, 0.5) is 0 Å². The van der Waals surface area contributed by atoms with E-state index in [9.17, 15) is 4.79 Å². The molecule has 0 aromatic heterocycles. The van der Waals surface area contributed by atoms with Crippen LogP contribution in [0.5, 0.6) is 11.5 Å². The lowest BCUT2D eigenvalue weighted by Crippen LogP contribution is -2.08. The van der Waals surface area contributed by atoms with Gasteiger partial charge >= 0.3 is 5.97 Å². The lowest BCUT2D eigenvalue weighted by Gasteiger charge is -2.12. The summed E-state index contributed by atoms with van der Waals surface area (Å²) in [6.07, 6.45) is 0. The zero-order valence-electron chi connectivity index (χ0n) is 11.3. The molecule has 1 aromatic rings. The Morgan fingerprint density at radius 2 is 1.68 bits per heavy atom. The van der Waals surface area contributed by atoms with Crippen LogP contribution in [0.25, 0.3) is 0 Å². The summed E-state index contributed by atoms with van der Waals surface area (Å²) in [4.78, 5) is 11.6. The number of rotatable bonds is 8. The number of benzene rings is 1. The van der Waals surface area contributed by atoms with Gasteiger partial charge in [0.25, 0.3) is 0 Å². The molecule has 0 spiro atoms. The highest BCUT2D eigenvalue weighted by Crippen LogP contribution is 2.28. The first-order valence-corrected chi connectivity index (χ1v) is 5.77. The minimum atomic E-state index is -0.414.